The van der Waals surface area contributed by atoms with E-state index < -0.39 is 5.97 Å². The van der Waals surface area contributed by atoms with Crippen LogP contribution in [0.25, 0.3) is 11.1 Å². The van der Waals surface area contributed by atoms with Gasteiger partial charge in [-0.3, -0.25) is 0 Å². The van der Waals surface area contributed by atoms with Crippen LogP contribution in [-0.2, 0) is 6.61 Å². The Labute approximate surface area is 138 Å². The molecule has 120 valence electrons. The van der Waals surface area contributed by atoms with Crippen molar-refractivity contribution in [3.63, 3.8) is 0 Å². The summed E-state index contributed by atoms with van der Waals surface area (Å²) in [6.07, 6.45) is 3.34. The minimum absolute atomic E-state index is 0.0261. The lowest BCUT2D eigenvalue weighted by atomic mass is 10.1. The lowest BCUT2D eigenvalue weighted by Gasteiger charge is -2.07. The van der Waals surface area contributed by atoms with Gasteiger partial charge in [0.15, 0.2) is 0 Å². The van der Waals surface area contributed by atoms with Crippen LogP contribution in [0.3, 0.4) is 0 Å². The number of anilines is 2. The monoisotopic (exact) mass is 321 g/mol. The average molecular weight is 321 g/mol. The third-order valence-corrected chi connectivity index (χ3v) is 3.48. The molecule has 1 aromatic heterocycles. The Morgan fingerprint density at radius 2 is 1.71 bits per heavy atom. The molecule has 0 saturated heterocycles. The van der Waals surface area contributed by atoms with Gasteiger partial charge in [-0.15, -0.1) is 0 Å². The van der Waals surface area contributed by atoms with Crippen molar-refractivity contribution in [2.75, 3.05) is 5.32 Å². The van der Waals surface area contributed by atoms with Crippen molar-refractivity contribution in [1.29, 1.82) is 0 Å². The second-order valence-corrected chi connectivity index (χ2v) is 5.16. The Morgan fingerprint density at radius 1 is 1.00 bits per heavy atom. The van der Waals surface area contributed by atoms with Crippen LogP contribution in [0.1, 0.15) is 15.9 Å². The maximum Gasteiger partial charge on any atom is 0.335 e. The molecule has 0 spiro atoms. The van der Waals surface area contributed by atoms with E-state index in [-0.39, 0.29) is 12.2 Å². The zero-order valence-corrected chi connectivity index (χ0v) is 12.7. The van der Waals surface area contributed by atoms with Crippen molar-refractivity contribution in [1.82, 2.24) is 9.97 Å². The van der Waals surface area contributed by atoms with Crippen molar-refractivity contribution in [2.45, 2.75) is 6.61 Å². The largest absolute Gasteiger partial charge is 0.478 e. The van der Waals surface area contributed by atoms with Crippen LogP contribution in [0.5, 0.6) is 0 Å². The number of aromatic carboxylic acids is 1. The van der Waals surface area contributed by atoms with Gasteiger partial charge in [-0.05, 0) is 35.4 Å². The Hall–Kier alpha value is -3.25. The molecule has 0 atom stereocenters. The zero-order valence-electron chi connectivity index (χ0n) is 12.7. The molecule has 0 aliphatic carbocycles. The highest BCUT2D eigenvalue weighted by atomic mass is 16.4. The minimum atomic E-state index is -0.956. The number of carbonyl (C=O) groups is 1. The van der Waals surface area contributed by atoms with Crippen LogP contribution in [0, 0.1) is 0 Å². The smallest absolute Gasteiger partial charge is 0.335 e. The Kier molecular flexibility index (Phi) is 4.49. The van der Waals surface area contributed by atoms with E-state index in [1.54, 1.807) is 36.7 Å². The van der Waals surface area contributed by atoms with Gasteiger partial charge in [0.2, 0.25) is 5.95 Å². The number of rotatable bonds is 5. The quantitative estimate of drug-likeness (QED) is 0.668. The number of nitrogens with zero attached hydrogens (tertiary/aromatic N) is 2. The van der Waals surface area contributed by atoms with E-state index in [1.807, 2.05) is 24.3 Å². The molecule has 0 aliphatic rings. The number of aliphatic hydroxyl groups is 1. The molecular weight excluding hydrogens is 306 g/mol. The number of aliphatic hydroxyl groups excluding tert-OH is 1. The number of benzene rings is 2. The van der Waals surface area contributed by atoms with E-state index in [2.05, 4.69) is 15.3 Å². The molecule has 2 aromatic carbocycles. The summed E-state index contributed by atoms with van der Waals surface area (Å²) >= 11 is 0. The lowest BCUT2D eigenvalue weighted by molar-refractivity contribution is 0.0697. The first-order valence-corrected chi connectivity index (χ1v) is 7.28. The van der Waals surface area contributed by atoms with Gasteiger partial charge < -0.3 is 15.5 Å². The summed E-state index contributed by atoms with van der Waals surface area (Å²) in [6, 6.07) is 13.9. The number of nitrogens with one attached hydrogen (secondary N) is 1. The normalized spacial score (nSPS) is 10.4. The van der Waals surface area contributed by atoms with Gasteiger partial charge >= 0.3 is 5.97 Å². The first-order valence-electron chi connectivity index (χ1n) is 7.28. The molecule has 3 aromatic rings. The highest BCUT2D eigenvalue weighted by molar-refractivity contribution is 5.88. The van der Waals surface area contributed by atoms with Gasteiger partial charge in [0.25, 0.3) is 0 Å². The number of hydrogen-bond donors (Lipinski definition) is 3. The highest BCUT2D eigenvalue weighted by Crippen LogP contribution is 2.20. The number of carboxylic acids is 1. The molecule has 0 amide bonds. The molecule has 3 rings (SSSR count). The molecule has 1 heterocycles. The van der Waals surface area contributed by atoms with Gasteiger partial charge in [0.05, 0.1) is 12.2 Å². The van der Waals surface area contributed by atoms with Gasteiger partial charge in [-0.25, -0.2) is 14.8 Å². The van der Waals surface area contributed by atoms with Crippen molar-refractivity contribution < 1.29 is 15.0 Å². The molecule has 0 fully saturated rings. The molecule has 0 radical (unpaired) electrons. The summed E-state index contributed by atoms with van der Waals surface area (Å²) in [5.74, 6) is -0.515. The van der Waals surface area contributed by atoms with Crippen molar-refractivity contribution in [3.05, 3.63) is 72.1 Å². The third kappa shape index (κ3) is 3.56. The second kappa shape index (κ2) is 6.89. The fraction of sp³-hybridized carbons (Fsp3) is 0.0556. The highest BCUT2D eigenvalue weighted by Gasteiger charge is 2.05. The van der Waals surface area contributed by atoms with Crippen molar-refractivity contribution in [2.24, 2.45) is 0 Å². The first-order chi connectivity index (χ1) is 11.7. The molecule has 6 nitrogen and oxygen atoms in total. The number of aromatic nitrogens is 2. The van der Waals surface area contributed by atoms with E-state index in [9.17, 15) is 4.79 Å². The van der Waals surface area contributed by atoms with Gasteiger partial charge in [0, 0.05) is 23.6 Å². The van der Waals surface area contributed by atoms with Gasteiger partial charge in [-0.2, -0.15) is 0 Å². The molecule has 0 saturated carbocycles. The van der Waals surface area contributed by atoms with Gasteiger partial charge in [-0.1, -0.05) is 24.3 Å². The van der Waals surface area contributed by atoms with E-state index in [4.69, 9.17) is 10.2 Å². The maximum atomic E-state index is 10.9. The Morgan fingerprint density at radius 3 is 2.33 bits per heavy atom. The predicted octanol–water partition coefficient (Wildman–Crippen LogP) is 3.08. The topological polar surface area (TPSA) is 95.3 Å². The average Bonchev–Trinajstić information content (AvgIpc) is 2.62. The van der Waals surface area contributed by atoms with Crippen LogP contribution in [0.15, 0.2) is 60.9 Å². The summed E-state index contributed by atoms with van der Waals surface area (Å²) in [5.41, 5.74) is 3.47. The molecule has 0 aliphatic heterocycles. The maximum absolute atomic E-state index is 10.9. The fourth-order valence-corrected chi connectivity index (χ4v) is 2.22. The van der Waals surface area contributed by atoms with Gasteiger partial charge in [0.1, 0.15) is 0 Å². The van der Waals surface area contributed by atoms with E-state index in [1.165, 1.54) is 0 Å². The number of carboxylic acid groups (broad SMARTS) is 1. The van der Waals surface area contributed by atoms with E-state index in [0.717, 1.165) is 22.4 Å². The molecule has 24 heavy (non-hydrogen) atoms. The van der Waals surface area contributed by atoms with Crippen LogP contribution < -0.4 is 5.32 Å². The van der Waals surface area contributed by atoms with Crippen molar-refractivity contribution >= 4 is 17.6 Å². The van der Waals surface area contributed by atoms with Crippen LogP contribution in [-0.4, -0.2) is 26.2 Å². The SMILES string of the molecule is O=C(O)c1ccc(-c2cnc(Nc3cccc(CO)c3)nc2)cc1. The second-order valence-electron chi connectivity index (χ2n) is 5.16. The fourth-order valence-electron chi connectivity index (χ4n) is 2.22. The summed E-state index contributed by atoms with van der Waals surface area (Å²) in [7, 11) is 0. The third-order valence-electron chi connectivity index (χ3n) is 3.48. The molecule has 0 unspecified atom stereocenters. The molecule has 6 heteroatoms. The summed E-state index contributed by atoms with van der Waals surface area (Å²) in [5, 5.41) is 21.1. The zero-order chi connectivity index (χ0) is 16.9. The standard InChI is InChI=1S/C18H15N3O3/c22-11-12-2-1-3-16(8-12)21-18-19-9-15(10-20-18)13-4-6-14(7-5-13)17(23)24/h1-10,22H,11H2,(H,23,24)(H,19,20,21). The van der Waals surface area contributed by atoms with Crippen LogP contribution in [0.4, 0.5) is 11.6 Å². The summed E-state index contributed by atoms with van der Waals surface area (Å²) in [6.45, 7) is -0.0261. The summed E-state index contributed by atoms with van der Waals surface area (Å²) < 4.78 is 0. The van der Waals surface area contributed by atoms with Crippen molar-refractivity contribution in [3.8, 4) is 11.1 Å². The first kappa shape index (κ1) is 15.6. The lowest BCUT2D eigenvalue weighted by Crippen LogP contribution is -1.98. The van der Waals surface area contributed by atoms with Crippen LogP contribution >= 0.6 is 0 Å². The molecule has 0 bridgehead atoms. The minimum Gasteiger partial charge on any atom is -0.478 e. The Balaban J connectivity index is 1.76. The predicted molar refractivity (Wildman–Crippen MR) is 90.1 cm³/mol. The molecular formula is C18H15N3O3. The molecule has 3 N–H and O–H groups in total. The van der Waals surface area contributed by atoms with E-state index in [0.29, 0.717) is 5.95 Å². The Bertz CT molecular complexity index is 846. The van der Waals surface area contributed by atoms with Crippen LogP contribution in [0.2, 0.25) is 0 Å². The summed E-state index contributed by atoms with van der Waals surface area (Å²) in [4.78, 5) is 19.4. The number of hydrogen-bond acceptors (Lipinski definition) is 5. The van der Waals surface area contributed by atoms with E-state index >= 15 is 0 Å².